The molecule has 0 amide bonds. The number of anilines is 2. The van der Waals surface area contributed by atoms with Gasteiger partial charge in [0.25, 0.3) is 10.0 Å². The molecule has 1 N–H and O–H groups in total. The van der Waals surface area contributed by atoms with Gasteiger partial charge in [-0.25, -0.2) is 22.2 Å². The molecule has 2 aliphatic rings. The van der Waals surface area contributed by atoms with Crippen molar-refractivity contribution in [3.63, 3.8) is 0 Å². The molecule has 1 aromatic carbocycles. The third kappa shape index (κ3) is 4.02. The third-order valence-corrected chi connectivity index (χ3v) is 7.89. The number of benzene rings is 1. The van der Waals surface area contributed by atoms with E-state index in [2.05, 4.69) is 9.88 Å². The Hall–Kier alpha value is -2.08. The molecule has 0 saturated carbocycles. The van der Waals surface area contributed by atoms with Crippen molar-refractivity contribution >= 4 is 33.1 Å². The van der Waals surface area contributed by atoms with Gasteiger partial charge in [0.2, 0.25) is 5.95 Å². The molecule has 32 heavy (non-hydrogen) atoms. The summed E-state index contributed by atoms with van der Waals surface area (Å²) >= 11 is 6.17. The lowest BCUT2D eigenvalue weighted by molar-refractivity contribution is -0.0909. The Bertz CT molecular complexity index is 1150. The van der Waals surface area contributed by atoms with Gasteiger partial charge in [0, 0.05) is 45.3 Å². The van der Waals surface area contributed by atoms with E-state index < -0.39 is 48.9 Å². The Balaban J connectivity index is 1.63. The first-order valence-electron chi connectivity index (χ1n) is 9.88. The minimum atomic E-state index is -4.76. The van der Waals surface area contributed by atoms with Crippen molar-refractivity contribution in [2.24, 2.45) is 5.92 Å². The van der Waals surface area contributed by atoms with E-state index in [1.165, 1.54) is 6.07 Å². The molecule has 2 fully saturated rings. The summed E-state index contributed by atoms with van der Waals surface area (Å²) in [5.41, 5.74) is -0.422. The molecule has 12 heteroatoms. The highest BCUT2D eigenvalue weighted by atomic mass is 35.5. The first kappa shape index (κ1) is 23.1. The van der Waals surface area contributed by atoms with Gasteiger partial charge in [-0.15, -0.1) is 0 Å². The van der Waals surface area contributed by atoms with Gasteiger partial charge in [0.1, 0.15) is 16.7 Å². The molecule has 1 aromatic heterocycles. The molecule has 2 aliphatic heterocycles. The standard InChI is InChI=1S/C20H22ClF3N4O3S/c1-27-9-12(10-27)20(31-2)6-7-28(11-20)14-8-13(22)19(18(24)17(14)21)32(29,30)26-16-5-3-4-15(23)25-16/h3-5,8,12H,6-7,9-11H2,1-2H3,(H,25,26)/t20-/m0/s1. The van der Waals surface area contributed by atoms with Crippen LogP contribution in [0.15, 0.2) is 29.2 Å². The zero-order valence-corrected chi connectivity index (χ0v) is 19.0. The number of sulfonamides is 1. The summed E-state index contributed by atoms with van der Waals surface area (Å²) in [6.07, 6.45) is 0.647. The van der Waals surface area contributed by atoms with Crippen molar-refractivity contribution in [2.75, 3.05) is 50.0 Å². The number of hydrogen-bond donors (Lipinski definition) is 1. The Kier molecular flexibility index (Phi) is 6.03. The van der Waals surface area contributed by atoms with Crippen molar-refractivity contribution in [3.8, 4) is 0 Å². The van der Waals surface area contributed by atoms with Gasteiger partial charge in [-0.1, -0.05) is 17.7 Å². The average Bonchev–Trinajstić information content (AvgIpc) is 3.13. The van der Waals surface area contributed by atoms with E-state index in [9.17, 15) is 17.2 Å². The fourth-order valence-electron chi connectivity index (χ4n) is 4.41. The van der Waals surface area contributed by atoms with Crippen LogP contribution in [-0.4, -0.2) is 64.2 Å². The maximum absolute atomic E-state index is 15.1. The Morgan fingerprint density at radius 2 is 2.00 bits per heavy atom. The number of nitrogens with one attached hydrogen (secondary N) is 1. The van der Waals surface area contributed by atoms with Gasteiger partial charge >= 0.3 is 0 Å². The lowest BCUT2D eigenvalue weighted by Gasteiger charge is -2.46. The maximum Gasteiger partial charge on any atom is 0.268 e. The first-order valence-corrected chi connectivity index (χ1v) is 11.7. The van der Waals surface area contributed by atoms with E-state index >= 15 is 4.39 Å². The Morgan fingerprint density at radius 3 is 2.62 bits per heavy atom. The summed E-state index contributed by atoms with van der Waals surface area (Å²) in [6, 6.07) is 4.26. The normalized spacial score (nSPS) is 22.2. The topological polar surface area (TPSA) is 74.8 Å². The van der Waals surface area contributed by atoms with Crippen LogP contribution in [0.2, 0.25) is 5.02 Å². The third-order valence-electron chi connectivity index (χ3n) is 6.14. The molecule has 1 atom stereocenters. The van der Waals surface area contributed by atoms with Crippen molar-refractivity contribution in [1.29, 1.82) is 0 Å². The highest BCUT2D eigenvalue weighted by molar-refractivity contribution is 7.92. The Morgan fingerprint density at radius 1 is 1.28 bits per heavy atom. The van der Waals surface area contributed by atoms with E-state index in [1.54, 1.807) is 12.0 Å². The lowest BCUT2D eigenvalue weighted by Crippen LogP contribution is -2.58. The van der Waals surface area contributed by atoms with Gasteiger partial charge in [0.05, 0.1) is 11.3 Å². The van der Waals surface area contributed by atoms with Gasteiger partial charge in [-0.3, -0.25) is 4.72 Å². The molecule has 0 radical (unpaired) electrons. The number of likely N-dealkylation sites (tertiary alicyclic amines) is 1. The number of hydrogen-bond acceptors (Lipinski definition) is 6. The molecule has 0 aliphatic carbocycles. The first-order chi connectivity index (χ1) is 15.1. The highest BCUT2D eigenvalue weighted by Gasteiger charge is 2.49. The molecular weight excluding hydrogens is 469 g/mol. The maximum atomic E-state index is 15.1. The van der Waals surface area contributed by atoms with Crippen LogP contribution >= 0.6 is 11.6 Å². The SMILES string of the molecule is CO[C@@]1(C2CN(C)C2)CCN(c2cc(F)c(S(=O)(=O)Nc3cccc(F)n3)c(F)c2Cl)C1. The van der Waals surface area contributed by atoms with E-state index in [1.807, 2.05) is 11.8 Å². The molecule has 0 spiro atoms. The molecule has 4 rings (SSSR count). The van der Waals surface area contributed by atoms with Crippen LogP contribution in [0, 0.1) is 23.5 Å². The second-order valence-corrected chi connectivity index (χ2v) is 10.1. The minimum absolute atomic E-state index is 0.0519. The molecule has 7 nitrogen and oxygen atoms in total. The molecule has 174 valence electrons. The van der Waals surface area contributed by atoms with Crippen molar-refractivity contribution in [1.82, 2.24) is 9.88 Å². The molecule has 2 saturated heterocycles. The van der Waals surface area contributed by atoms with Gasteiger partial charge in [-0.2, -0.15) is 4.39 Å². The number of pyridine rings is 1. The number of rotatable bonds is 6. The van der Waals surface area contributed by atoms with Crippen LogP contribution < -0.4 is 9.62 Å². The van der Waals surface area contributed by atoms with Gasteiger partial charge < -0.3 is 14.5 Å². The van der Waals surface area contributed by atoms with Crippen LogP contribution in [0.25, 0.3) is 0 Å². The average molecular weight is 491 g/mol. The second kappa shape index (κ2) is 8.36. The molecular formula is C20H22ClF3N4O3S. The van der Waals surface area contributed by atoms with Gasteiger partial charge in [0.15, 0.2) is 10.7 Å². The van der Waals surface area contributed by atoms with Crippen LogP contribution in [0.3, 0.4) is 0 Å². The van der Waals surface area contributed by atoms with Crippen LogP contribution in [0.1, 0.15) is 6.42 Å². The van der Waals surface area contributed by atoms with Crippen LogP contribution in [0.5, 0.6) is 0 Å². The van der Waals surface area contributed by atoms with E-state index in [-0.39, 0.29) is 11.6 Å². The van der Waals surface area contributed by atoms with Crippen molar-refractivity contribution in [3.05, 3.63) is 46.9 Å². The predicted octanol–water partition coefficient (Wildman–Crippen LogP) is 3.11. The number of ether oxygens (including phenoxy) is 1. The zero-order chi connectivity index (χ0) is 23.3. The van der Waals surface area contributed by atoms with E-state index in [4.69, 9.17) is 16.3 Å². The molecule has 2 aromatic rings. The zero-order valence-electron chi connectivity index (χ0n) is 17.4. The van der Waals surface area contributed by atoms with Crippen LogP contribution in [0.4, 0.5) is 24.7 Å². The van der Waals surface area contributed by atoms with E-state index in [0.717, 1.165) is 31.3 Å². The highest BCUT2D eigenvalue weighted by Crippen LogP contribution is 2.42. The summed E-state index contributed by atoms with van der Waals surface area (Å²) in [5, 5.41) is -0.517. The monoisotopic (exact) mass is 490 g/mol. The fourth-order valence-corrected chi connectivity index (χ4v) is 5.87. The lowest BCUT2D eigenvalue weighted by atomic mass is 9.81. The number of aromatic nitrogens is 1. The van der Waals surface area contributed by atoms with E-state index in [0.29, 0.717) is 19.5 Å². The molecule has 3 heterocycles. The second-order valence-electron chi connectivity index (χ2n) is 8.14. The number of halogens is 4. The number of nitrogens with zero attached hydrogens (tertiary/aromatic N) is 3. The quantitative estimate of drug-likeness (QED) is 0.495. The van der Waals surface area contributed by atoms with Gasteiger partial charge in [-0.05, 0) is 25.6 Å². The molecule has 0 bridgehead atoms. The number of methoxy groups -OCH3 is 1. The van der Waals surface area contributed by atoms with Crippen molar-refractivity contribution in [2.45, 2.75) is 16.9 Å². The Labute approximate surface area is 189 Å². The summed E-state index contributed by atoms with van der Waals surface area (Å²) < 4.78 is 76.1. The minimum Gasteiger partial charge on any atom is -0.376 e. The van der Waals surface area contributed by atoms with Crippen molar-refractivity contribution < 1.29 is 26.3 Å². The largest absolute Gasteiger partial charge is 0.376 e. The van der Waals surface area contributed by atoms with Crippen LogP contribution in [-0.2, 0) is 14.8 Å². The summed E-state index contributed by atoms with van der Waals surface area (Å²) in [6.45, 7) is 2.53. The molecule has 0 unspecified atom stereocenters. The summed E-state index contributed by atoms with van der Waals surface area (Å²) in [7, 11) is -1.14. The fraction of sp³-hybridized carbons (Fsp3) is 0.450. The summed E-state index contributed by atoms with van der Waals surface area (Å²) in [5.74, 6) is -3.83. The predicted molar refractivity (Wildman–Crippen MR) is 114 cm³/mol. The summed E-state index contributed by atoms with van der Waals surface area (Å²) in [4.78, 5) is 5.95. The smallest absolute Gasteiger partial charge is 0.268 e.